The van der Waals surface area contributed by atoms with Gasteiger partial charge in [-0.3, -0.25) is 4.79 Å². The second-order valence-electron chi connectivity index (χ2n) is 4.08. The van der Waals surface area contributed by atoms with Gasteiger partial charge in [-0.15, -0.1) is 11.3 Å². The van der Waals surface area contributed by atoms with Gasteiger partial charge < -0.3 is 9.80 Å². The Labute approximate surface area is 101 Å². The molecule has 0 unspecified atom stereocenters. The highest BCUT2D eigenvalue weighted by Gasteiger charge is 2.13. The summed E-state index contributed by atoms with van der Waals surface area (Å²) < 4.78 is 0. The minimum absolute atomic E-state index is 0.0191. The van der Waals surface area contributed by atoms with Crippen LogP contribution >= 0.6 is 11.3 Å². The molecule has 0 atom stereocenters. The maximum Gasteiger partial charge on any atom is 0.282 e. The molecule has 1 rings (SSSR count). The number of amides is 1. The van der Waals surface area contributed by atoms with E-state index in [4.69, 9.17) is 0 Å². The van der Waals surface area contributed by atoms with Gasteiger partial charge in [0.05, 0.1) is 5.69 Å². The molecule has 0 saturated heterocycles. The van der Waals surface area contributed by atoms with Crippen LogP contribution in [0.2, 0.25) is 0 Å². The summed E-state index contributed by atoms with van der Waals surface area (Å²) in [6.07, 6.45) is 1.13. The van der Waals surface area contributed by atoms with E-state index in [0.717, 1.165) is 25.2 Å². The second kappa shape index (κ2) is 5.96. The van der Waals surface area contributed by atoms with Crippen LogP contribution in [-0.4, -0.2) is 48.4 Å². The maximum atomic E-state index is 11.6. The van der Waals surface area contributed by atoms with Gasteiger partial charge in [-0.2, -0.15) is 0 Å². The molecule has 1 heterocycles. The third-order valence-corrected chi connectivity index (χ3v) is 3.06. The lowest BCUT2D eigenvalue weighted by atomic mass is 10.4. The van der Waals surface area contributed by atoms with Crippen molar-refractivity contribution in [1.82, 2.24) is 14.8 Å². The minimum Gasteiger partial charge on any atom is -0.343 e. The molecule has 0 aromatic carbocycles. The predicted octanol–water partition coefficient (Wildman–Crippen LogP) is 1.69. The van der Waals surface area contributed by atoms with E-state index in [1.165, 1.54) is 11.3 Å². The molecule has 0 bridgehead atoms. The van der Waals surface area contributed by atoms with Gasteiger partial charge in [-0.25, -0.2) is 4.98 Å². The summed E-state index contributed by atoms with van der Waals surface area (Å²) in [4.78, 5) is 19.7. The third kappa shape index (κ3) is 3.57. The molecule has 90 valence electrons. The molecule has 1 aromatic heterocycles. The molecular formula is C11H19N3OS. The fraction of sp³-hybridized carbons (Fsp3) is 0.636. The Balaban J connectivity index is 2.61. The van der Waals surface area contributed by atoms with Gasteiger partial charge in [0, 0.05) is 26.0 Å². The summed E-state index contributed by atoms with van der Waals surface area (Å²) in [5.74, 6) is -0.0191. The molecule has 0 aliphatic heterocycles. The molecule has 5 heteroatoms. The number of hydrogen-bond donors (Lipinski definition) is 0. The zero-order valence-corrected chi connectivity index (χ0v) is 11.2. The summed E-state index contributed by atoms with van der Waals surface area (Å²) in [5, 5.41) is 2.54. The first-order valence-electron chi connectivity index (χ1n) is 5.39. The normalized spacial score (nSPS) is 10.8. The van der Waals surface area contributed by atoms with Crippen molar-refractivity contribution >= 4 is 17.2 Å². The van der Waals surface area contributed by atoms with Crippen molar-refractivity contribution < 1.29 is 4.79 Å². The van der Waals surface area contributed by atoms with Crippen molar-refractivity contribution in [2.24, 2.45) is 0 Å². The SMILES string of the molecule is CCCN(C)Cc1csc(C(=O)N(C)C)n1. The van der Waals surface area contributed by atoms with Crippen molar-refractivity contribution in [2.45, 2.75) is 19.9 Å². The van der Waals surface area contributed by atoms with E-state index in [1.54, 1.807) is 19.0 Å². The molecule has 0 radical (unpaired) electrons. The molecule has 0 aliphatic carbocycles. The molecule has 0 saturated carbocycles. The van der Waals surface area contributed by atoms with Crippen molar-refractivity contribution in [2.75, 3.05) is 27.7 Å². The van der Waals surface area contributed by atoms with E-state index in [9.17, 15) is 4.79 Å². The van der Waals surface area contributed by atoms with E-state index in [1.807, 2.05) is 5.38 Å². The average molecular weight is 241 g/mol. The Kier molecular flexibility index (Phi) is 4.89. The van der Waals surface area contributed by atoms with E-state index in [2.05, 4.69) is 23.9 Å². The molecule has 1 amide bonds. The highest BCUT2D eigenvalue weighted by molar-refractivity contribution is 7.11. The van der Waals surface area contributed by atoms with Gasteiger partial charge in [-0.05, 0) is 20.0 Å². The van der Waals surface area contributed by atoms with E-state index in [0.29, 0.717) is 5.01 Å². The van der Waals surface area contributed by atoms with Gasteiger partial charge in [0.15, 0.2) is 5.01 Å². The molecule has 0 N–H and O–H groups in total. The number of carbonyl (C=O) groups excluding carboxylic acids is 1. The topological polar surface area (TPSA) is 36.4 Å². The van der Waals surface area contributed by atoms with E-state index >= 15 is 0 Å². The van der Waals surface area contributed by atoms with Crippen LogP contribution in [0.25, 0.3) is 0 Å². The second-order valence-corrected chi connectivity index (χ2v) is 4.94. The number of thiazole rings is 1. The first kappa shape index (κ1) is 13.1. The first-order valence-corrected chi connectivity index (χ1v) is 6.27. The van der Waals surface area contributed by atoms with Gasteiger partial charge in [-0.1, -0.05) is 6.92 Å². The van der Waals surface area contributed by atoms with Crippen LogP contribution in [0.3, 0.4) is 0 Å². The number of nitrogens with zero attached hydrogens (tertiary/aromatic N) is 3. The lowest BCUT2D eigenvalue weighted by Gasteiger charge is -2.13. The fourth-order valence-electron chi connectivity index (χ4n) is 1.41. The Hall–Kier alpha value is -0.940. The van der Waals surface area contributed by atoms with Crippen LogP contribution < -0.4 is 0 Å². The van der Waals surface area contributed by atoms with Crippen LogP contribution in [0.15, 0.2) is 5.38 Å². The van der Waals surface area contributed by atoms with Gasteiger partial charge >= 0.3 is 0 Å². The zero-order valence-electron chi connectivity index (χ0n) is 10.4. The molecule has 4 nitrogen and oxygen atoms in total. The Morgan fingerprint density at radius 1 is 1.44 bits per heavy atom. The Bertz CT molecular complexity index is 349. The zero-order chi connectivity index (χ0) is 12.1. The quantitative estimate of drug-likeness (QED) is 0.787. The molecule has 0 fully saturated rings. The number of aromatic nitrogens is 1. The summed E-state index contributed by atoms with van der Waals surface area (Å²) >= 11 is 1.42. The van der Waals surface area contributed by atoms with Crippen LogP contribution in [0.4, 0.5) is 0 Å². The molecule has 0 aliphatic rings. The van der Waals surface area contributed by atoms with E-state index in [-0.39, 0.29) is 5.91 Å². The molecule has 1 aromatic rings. The van der Waals surface area contributed by atoms with Crippen molar-refractivity contribution in [3.63, 3.8) is 0 Å². The highest BCUT2D eigenvalue weighted by Crippen LogP contribution is 2.12. The maximum absolute atomic E-state index is 11.6. The average Bonchev–Trinajstić information content (AvgIpc) is 2.65. The molecular weight excluding hydrogens is 222 g/mol. The minimum atomic E-state index is -0.0191. The van der Waals surface area contributed by atoms with Crippen LogP contribution in [0, 0.1) is 0 Å². The number of rotatable bonds is 5. The first-order chi connectivity index (χ1) is 7.54. The third-order valence-electron chi connectivity index (χ3n) is 2.18. The van der Waals surface area contributed by atoms with Gasteiger partial charge in [0.2, 0.25) is 0 Å². The largest absolute Gasteiger partial charge is 0.343 e. The summed E-state index contributed by atoms with van der Waals surface area (Å²) in [6, 6.07) is 0. The highest BCUT2D eigenvalue weighted by atomic mass is 32.1. The van der Waals surface area contributed by atoms with E-state index < -0.39 is 0 Å². The lowest BCUT2D eigenvalue weighted by molar-refractivity contribution is 0.0827. The van der Waals surface area contributed by atoms with Crippen LogP contribution in [-0.2, 0) is 6.54 Å². The number of hydrogen-bond acceptors (Lipinski definition) is 4. The van der Waals surface area contributed by atoms with Crippen LogP contribution in [0.1, 0.15) is 28.8 Å². The fourth-order valence-corrected chi connectivity index (χ4v) is 2.23. The van der Waals surface area contributed by atoms with Crippen LogP contribution in [0.5, 0.6) is 0 Å². The Morgan fingerprint density at radius 2 is 2.12 bits per heavy atom. The van der Waals surface area contributed by atoms with Gasteiger partial charge in [0.25, 0.3) is 5.91 Å². The monoisotopic (exact) mass is 241 g/mol. The number of carbonyl (C=O) groups is 1. The molecule has 16 heavy (non-hydrogen) atoms. The summed E-state index contributed by atoms with van der Waals surface area (Å²) in [7, 11) is 5.55. The van der Waals surface area contributed by atoms with Crippen molar-refractivity contribution in [1.29, 1.82) is 0 Å². The summed E-state index contributed by atoms with van der Waals surface area (Å²) in [5.41, 5.74) is 0.978. The summed E-state index contributed by atoms with van der Waals surface area (Å²) in [6.45, 7) is 4.01. The Morgan fingerprint density at radius 3 is 2.69 bits per heavy atom. The predicted molar refractivity (Wildman–Crippen MR) is 66.8 cm³/mol. The molecule has 0 spiro atoms. The smallest absolute Gasteiger partial charge is 0.282 e. The van der Waals surface area contributed by atoms with Gasteiger partial charge in [0.1, 0.15) is 0 Å². The van der Waals surface area contributed by atoms with Crippen molar-refractivity contribution in [3.05, 3.63) is 16.1 Å². The standard InChI is InChI=1S/C11H19N3OS/c1-5-6-14(4)7-9-8-16-10(12-9)11(15)13(2)3/h8H,5-7H2,1-4H3. The lowest BCUT2D eigenvalue weighted by Crippen LogP contribution is -2.22. The van der Waals surface area contributed by atoms with Crippen molar-refractivity contribution in [3.8, 4) is 0 Å².